The fourth-order valence-corrected chi connectivity index (χ4v) is 4.55. The second-order valence-electron chi connectivity index (χ2n) is 7.40. The van der Waals surface area contributed by atoms with E-state index in [0.29, 0.717) is 19.0 Å². The van der Waals surface area contributed by atoms with Gasteiger partial charge in [-0.3, -0.25) is 9.69 Å². The molecule has 29 heavy (non-hydrogen) atoms. The van der Waals surface area contributed by atoms with Crippen LogP contribution in [-0.4, -0.2) is 35.4 Å². The Labute approximate surface area is 175 Å². The average molecular weight is 411 g/mol. The predicted octanol–water partition coefficient (Wildman–Crippen LogP) is 5.21. The molecule has 1 aliphatic rings. The van der Waals surface area contributed by atoms with Gasteiger partial charge >= 0.3 is 0 Å². The molecule has 0 N–H and O–H groups in total. The van der Waals surface area contributed by atoms with Crippen molar-refractivity contribution in [2.24, 2.45) is 5.92 Å². The first-order valence-corrected chi connectivity index (χ1v) is 11.0. The molecule has 152 valence electrons. The fourth-order valence-electron chi connectivity index (χ4n) is 3.80. The lowest BCUT2D eigenvalue weighted by molar-refractivity contribution is 0.0814. The van der Waals surface area contributed by atoms with Crippen molar-refractivity contribution in [1.29, 1.82) is 0 Å². The van der Waals surface area contributed by atoms with Crippen LogP contribution in [0, 0.1) is 12.8 Å². The number of aromatic nitrogens is 1. The monoisotopic (exact) mass is 410 g/mol. The van der Waals surface area contributed by atoms with Crippen LogP contribution in [-0.2, 0) is 6.54 Å². The summed E-state index contributed by atoms with van der Waals surface area (Å²) >= 11 is 1.53. The summed E-state index contributed by atoms with van der Waals surface area (Å²) in [5, 5.41) is 1.97. The number of nitrogens with zero attached hydrogens (tertiary/aromatic N) is 2. The Hall–Kier alpha value is -2.44. The van der Waals surface area contributed by atoms with Crippen molar-refractivity contribution in [3.8, 4) is 17.2 Å². The molecule has 5 nitrogen and oxygen atoms in total. The van der Waals surface area contributed by atoms with Crippen molar-refractivity contribution in [2.75, 3.05) is 19.7 Å². The second-order valence-corrected chi connectivity index (χ2v) is 8.34. The molecule has 6 heteroatoms. The number of thiophene rings is 1. The molecule has 1 fully saturated rings. The summed E-state index contributed by atoms with van der Waals surface area (Å²) < 4.78 is 11.4. The van der Waals surface area contributed by atoms with Crippen molar-refractivity contribution in [3.05, 3.63) is 58.1 Å². The van der Waals surface area contributed by atoms with Crippen LogP contribution in [0.5, 0.6) is 5.75 Å². The fraction of sp³-hybridized carbons (Fsp3) is 0.391. The Morgan fingerprint density at radius 2 is 2.14 bits per heavy atom. The van der Waals surface area contributed by atoms with Gasteiger partial charge in [-0.25, -0.2) is 4.98 Å². The molecule has 3 heterocycles. The number of benzene rings is 1. The SMILES string of the molecule is CCOc1ccc(-c2nc(CN3CCC[C@@H](C(=O)c4cccs4)C3)c(C)o2)cc1. The van der Waals surface area contributed by atoms with Crippen LogP contribution in [0.2, 0.25) is 0 Å². The third kappa shape index (κ3) is 4.60. The maximum atomic E-state index is 12.7. The van der Waals surface area contributed by atoms with Gasteiger partial charge in [0.1, 0.15) is 11.5 Å². The van der Waals surface area contributed by atoms with E-state index in [1.54, 1.807) is 0 Å². The number of carbonyl (C=O) groups is 1. The van der Waals surface area contributed by atoms with E-state index in [0.717, 1.165) is 53.6 Å². The number of ether oxygens (including phenoxy) is 1. The van der Waals surface area contributed by atoms with Crippen molar-refractivity contribution in [3.63, 3.8) is 0 Å². The first-order valence-electron chi connectivity index (χ1n) is 10.1. The van der Waals surface area contributed by atoms with E-state index < -0.39 is 0 Å². The van der Waals surface area contributed by atoms with E-state index in [2.05, 4.69) is 4.90 Å². The lowest BCUT2D eigenvalue weighted by Gasteiger charge is -2.31. The van der Waals surface area contributed by atoms with E-state index in [4.69, 9.17) is 14.1 Å². The molecular formula is C23H26N2O3S. The molecule has 3 aromatic rings. The maximum absolute atomic E-state index is 12.7. The Bertz CT molecular complexity index is 947. The third-order valence-corrected chi connectivity index (χ3v) is 6.20. The van der Waals surface area contributed by atoms with E-state index in [9.17, 15) is 4.79 Å². The van der Waals surface area contributed by atoms with E-state index in [1.165, 1.54) is 11.3 Å². The summed E-state index contributed by atoms with van der Waals surface area (Å²) in [4.78, 5) is 20.7. The summed E-state index contributed by atoms with van der Waals surface area (Å²) in [5.74, 6) is 2.65. The van der Waals surface area contributed by atoms with Crippen LogP contribution >= 0.6 is 11.3 Å². The highest BCUT2D eigenvalue weighted by Gasteiger charge is 2.28. The lowest BCUT2D eigenvalue weighted by atomic mass is 9.93. The Kier molecular flexibility index (Phi) is 6.11. The van der Waals surface area contributed by atoms with E-state index >= 15 is 0 Å². The molecule has 0 unspecified atom stereocenters. The zero-order chi connectivity index (χ0) is 20.2. The standard InChI is InChI=1S/C23H26N2O3S/c1-3-27-19-10-8-17(9-11-19)23-24-20(16(2)28-23)15-25-12-4-6-18(14-25)22(26)21-7-5-13-29-21/h5,7-11,13,18H,3-4,6,12,14-15H2,1-2H3/t18-/m1/s1. The molecule has 1 atom stereocenters. The maximum Gasteiger partial charge on any atom is 0.226 e. The van der Waals surface area contributed by atoms with Crippen molar-refractivity contribution in [2.45, 2.75) is 33.2 Å². The number of ketones is 1. The Morgan fingerprint density at radius 1 is 1.31 bits per heavy atom. The second kappa shape index (κ2) is 8.93. The van der Waals surface area contributed by atoms with Gasteiger partial charge < -0.3 is 9.15 Å². The van der Waals surface area contributed by atoms with Gasteiger partial charge in [0.15, 0.2) is 5.78 Å². The minimum atomic E-state index is 0.0696. The van der Waals surface area contributed by atoms with Crippen LogP contribution in [0.1, 0.15) is 40.9 Å². The molecular weight excluding hydrogens is 384 g/mol. The topological polar surface area (TPSA) is 55.6 Å². The molecule has 0 bridgehead atoms. The van der Waals surface area contributed by atoms with Gasteiger partial charge in [-0.1, -0.05) is 6.07 Å². The highest BCUT2D eigenvalue weighted by Crippen LogP contribution is 2.27. The van der Waals surface area contributed by atoms with Crippen LogP contribution in [0.3, 0.4) is 0 Å². The summed E-state index contributed by atoms with van der Waals surface area (Å²) in [5.41, 5.74) is 1.88. The Balaban J connectivity index is 1.43. The summed E-state index contributed by atoms with van der Waals surface area (Å²) in [6, 6.07) is 11.7. The molecule has 1 aromatic carbocycles. The number of likely N-dealkylation sites (tertiary alicyclic amines) is 1. The molecule has 0 aliphatic carbocycles. The number of hydrogen-bond donors (Lipinski definition) is 0. The number of hydrogen-bond acceptors (Lipinski definition) is 6. The lowest BCUT2D eigenvalue weighted by Crippen LogP contribution is -2.38. The van der Waals surface area contributed by atoms with Gasteiger partial charge in [0.05, 0.1) is 17.2 Å². The van der Waals surface area contributed by atoms with Crippen LogP contribution in [0.4, 0.5) is 0 Å². The quantitative estimate of drug-likeness (QED) is 0.501. The zero-order valence-corrected chi connectivity index (χ0v) is 17.7. The first kappa shape index (κ1) is 19.9. The summed E-state index contributed by atoms with van der Waals surface area (Å²) in [6.45, 7) is 7.05. The molecule has 1 aliphatic heterocycles. The Morgan fingerprint density at radius 3 is 2.86 bits per heavy atom. The number of piperidine rings is 1. The molecule has 1 saturated heterocycles. The van der Waals surface area contributed by atoms with Crippen LogP contribution < -0.4 is 4.74 Å². The number of rotatable bonds is 7. The van der Waals surface area contributed by atoms with Gasteiger partial charge in [-0.05, 0) is 68.9 Å². The average Bonchev–Trinajstić information content (AvgIpc) is 3.39. The minimum absolute atomic E-state index is 0.0696. The first-order chi connectivity index (χ1) is 14.1. The van der Waals surface area contributed by atoms with E-state index in [-0.39, 0.29) is 11.7 Å². The third-order valence-electron chi connectivity index (χ3n) is 5.32. The van der Waals surface area contributed by atoms with Crippen LogP contribution in [0.15, 0.2) is 46.2 Å². The summed E-state index contributed by atoms with van der Waals surface area (Å²) in [7, 11) is 0. The van der Waals surface area contributed by atoms with Gasteiger partial charge in [-0.2, -0.15) is 0 Å². The minimum Gasteiger partial charge on any atom is -0.494 e. The molecule has 0 radical (unpaired) electrons. The van der Waals surface area contributed by atoms with Gasteiger partial charge in [0, 0.05) is 24.6 Å². The molecule has 0 amide bonds. The smallest absolute Gasteiger partial charge is 0.226 e. The molecule has 4 rings (SSSR count). The number of Topliss-reactive ketones (excluding diaryl/α,β-unsaturated/α-hetero) is 1. The van der Waals surface area contributed by atoms with Crippen molar-refractivity contribution in [1.82, 2.24) is 9.88 Å². The number of aryl methyl sites for hydroxylation is 1. The van der Waals surface area contributed by atoms with E-state index in [1.807, 2.05) is 55.6 Å². The highest BCUT2D eigenvalue weighted by atomic mass is 32.1. The largest absolute Gasteiger partial charge is 0.494 e. The zero-order valence-electron chi connectivity index (χ0n) is 16.9. The normalized spacial score (nSPS) is 17.4. The highest BCUT2D eigenvalue weighted by molar-refractivity contribution is 7.12. The number of oxazole rings is 1. The van der Waals surface area contributed by atoms with Crippen molar-refractivity contribution < 1.29 is 13.9 Å². The van der Waals surface area contributed by atoms with Crippen molar-refractivity contribution >= 4 is 17.1 Å². The molecule has 0 saturated carbocycles. The van der Waals surface area contributed by atoms with Crippen LogP contribution in [0.25, 0.3) is 11.5 Å². The number of carbonyl (C=O) groups excluding carboxylic acids is 1. The van der Waals surface area contributed by atoms with Gasteiger partial charge in [0.25, 0.3) is 0 Å². The van der Waals surface area contributed by atoms with Gasteiger partial charge in [-0.15, -0.1) is 11.3 Å². The molecule has 2 aromatic heterocycles. The predicted molar refractivity (Wildman–Crippen MR) is 114 cm³/mol. The van der Waals surface area contributed by atoms with Gasteiger partial charge in [0.2, 0.25) is 5.89 Å². The summed E-state index contributed by atoms with van der Waals surface area (Å²) in [6.07, 6.45) is 1.99. The molecule has 0 spiro atoms.